The Morgan fingerprint density at radius 1 is 0.794 bits per heavy atom. The van der Waals surface area contributed by atoms with Gasteiger partial charge in [-0.05, 0) is 36.2 Å². The van der Waals surface area contributed by atoms with Gasteiger partial charge in [-0.2, -0.15) is 0 Å². The van der Waals surface area contributed by atoms with E-state index in [9.17, 15) is 14.4 Å². The first-order valence-corrected chi connectivity index (χ1v) is 11.2. The molecule has 1 fully saturated rings. The fourth-order valence-corrected chi connectivity index (χ4v) is 4.72. The van der Waals surface area contributed by atoms with Crippen LogP contribution in [0.25, 0.3) is 33.5 Å². The lowest BCUT2D eigenvalue weighted by molar-refractivity contribution is -0.136. The lowest BCUT2D eigenvalue weighted by atomic mass is 10.00. The van der Waals surface area contributed by atoms with Gasteiger partial charge in [0.1, 0.15) is 6.04 Å². The van der Waals surface area contributed by atoms with Crippen molar-refractivity contribution in [3.05, 3.63) is 83.9 Å². The van der Waals surface area contributed by atoms with Gasteiger partial charge in [0.25, 0.3) is 5.91 Å². The second-order valence-electron chi connectivity index (χ2n) is 8.55. The summed E-state index contributed by atoms with van der Waals surface area (Å²) in [5.41, 5.74) is 6.32. The average molecular weight is 448 g/mol. The number of hydrogen-bond donors (Lipinski definition) is 1. The van der Waals surface area contributed by atoms with Gasteiger partial charge in [0, 0.05) is 29.7 Å². The number of nitrogens with zero attached hydrogens (tertiary/aromatic N) is 3. The second kappa shape index (κ2) is 7.88. The van der Waals surface area contributed by atoms with Crippen molar-refractivity contribution in [2.75, 3.05) is 0 Å². The fraction of sp³-hybridized carbons (Fsp3) is 0.148. The first-order chi connectivity index (χ1) is 16.6. The Morgan fingerprint density at radius 2 is 1.47 bits per heavy atom. The van der Waals surface area contributed by atoms with Crippen LogP contribution in [0.3, 0.4) is 0 Å². The molecule has 1 saturated heterocycles. The highest BCUT2D eigenvalue weighted by atomic mass is 16.2. The maximum absolute atomic E-state index is 13.1. The third kappa shape index (κ3) is 3.33. The van der Waals surface area contributed by atoms with Crippen LogP contribution >= 0.6 is 0 Å². The number of fused-ring (bicyclic) bond motifs is 2. The minimum absolute atomic E-state index is 0.191. The highest BCUT2D eigenvalue weighted by Crippen LogP contribution is 2.35. The van der Waals surface area contributed by atoms with Crippen LogP contribution < -0.4 is 5.32 Å². The summed E-state index contributed by atoms with van der Waals surface area (Å²) in [6.07, 6.45) is 0.570. The lowest BCUT2D eigenvalue weighted by Gasteiger charge is -2.29. The number of piperidine rings is 1. The van der Waals surface area contributed by atoms with Crippen molar-refractivity contribution in [1.82, 2.24) is 20.2 Å². The van der Waals surface area contributed by atoms with Gasteiger partial charge in [0.05, 0.1) is 22.4 Å². The molecule has 6 rings (SSSR count). The number of carbonyl (C=O) groups excluding carboxylic acids is 3. The van der Waals surface area contributed by atoms with E-state index in [1.807, 2.05) is 66.7 Å². The molecule has 4 aromatic rings. The highest BCUT2D eigenvalue weighted by molar-refractivity contribution is 6.05. The first kappa shape index (κ1) is 20.2. The SMILES string of the molecule is O=C1CCC(N2Cc3cc(-c4nc5ccccc5nc4-c4ccccc4)ccc3C2=O)C(=O)N1. The van der Waals surface area contributed by atoms with Crippen molar-refractivity contribution in [2.24, 2.45) is 0 Å². The van der Waals surface area contributed by atoms with Crippen LogP contribution in [0.2, 0.25) is 0 Å². The molecular formula is C27H20N4O3. The van der Waals surface area contributed by atoms with Gasteiger partial charge in [-0.3, -0.25) is 19.7 Å². The quantitative estimate of drug-likeness (QED) is 0.482. The number of benzene rings is 3. The molecule has 7 nitrogen and oxygen atoms in total. The standard InChI is InChI=1S/C27H20N4O3/c32-23-13-12-22(26(33)30-23)31-15-18-14-17(10-11-19(18)27(31)34)25-24(16-6-2-1-3-7-16)28-20-8-4-5-9-21(20)29-25/h1-11,14,22H,12-13,15H2,(H,30,32,33). The van der Waals surface area contributed by atoms with Crippen molar-refractivity contribution in [3.8, 4) is 22.5 Å². The molecule has 3 aromatic carbocycles. The first-order valence-electron chi connectivity index (χ1n) is 11.2. The number of aromatic nitrogens is 2. The smallest absolute Gasteiger partial charge is 0.255 e. The topological polar surface area (TPSA) is 92.3 Å². The molecule has 7 heteroatoms. The Bertz CT molecular complexity index is 1480. The molecule has 0 spiro atoms. The van der Waals surface area contributed by atoms with Gasteiger partial charge in [-0.1, -0.05) is 48.5 Å². The van der Waals surface area contributed by atoms with Gasteiger partial charge >= 0.3 is 0 Å². The zero-order valence-electron chi connectivity index (χ0n) is 18.2. The van der Waals surface area contributed by atoms with Gasteiger partial charge in [0.2, 0.25) is 11.8 Å². The predicted octanol–water partition coefficient (Wildman–Crippen LogP) is 3.72. The summed E-state index contributed by atoms with van der Waals surface area (Å²) in [7, 11) is 0. The van der Waals surface area contributed by atoms with E-state index in [0.29, 0.717) is 18.5 Å². The van der Waals surface area contributed by atoms with E-state index in [-0.39, 0.29) is 18.2 Å². The van der Waals surface area contributed by atoms with Crippen LogP contribution in [0.15, 0.2) is 72.8 Å². The van der Waals surface area contributed by atoms with Crippen LogP contribution in [0.4, 0.5) is 0 Å². The molecule has 1 atom stereocenters. The number of imide groups is 1. The molecular weight excluding hydrogens is 428 g/mol. The number of para-hydroxylation sites is 2. The molecule has 34 heavy (non-hydrogen) atoms. The zero-order chi connectivity index (χ0) is 23.2. The third-order valence-electron chi connectivity index (χ3n) is 6.41. The number of rotatable bonds is 3. The van der Waals surface area contributed by atoms with E-state index in [4.69, 9.17) is 9.97 Å². The van der Waals surface area contributed by atoms with E-state index < -0.39 is 11.9 Å². The molecule has 0 aliphatic carbocycles. The van der Waals surface area contributed by atoms with Crippen LogP contribution in [-0.2, 0) is 16.1 Å². The fourth-order valence-electron chi connectivity index (χ4n) is 4.72. The van der Waals surface area contributed by atoms with Crippen molar-refractivity contribution in [1.29, 1.82) is 0 Å². The minimum Gasteiger partial charge on any atom is -0.322 e. The van der Waals surface area contributed by atoms with E-state index >= 15 is 0 Å². The number of nitrogens with one attached hydrogen (secondary N) is 1. The van der Waals surface area contributed by atoms with Crippen LogP contribution in [0.1, 0.15) is 28.8 Å². The molecule has 1 N–H and O–H groups in total. The molecule has 0 bridgehead atoms. The molecule has 3 amide bonds. The highest BCUT2D eigenvalue weighted by Gasteiger charge is 2.39. The maximum atomic E-state index is 13.1. The Labute approximate surface area is 195 Å². The summed E-state index contributed by atoms with van der Waals surface area (Å²) < 4.78 is 0. The molecule has 1 unspecified atom stereocenters. The largest absolute Gasteiger partial charge is 0.322 e. The number of hydrogen-bond acceptors (Lipinski definition) is 5. The molecule has 0 saturated carbocycles. The number of carbonyl (C=O) groups is 3. The minimum atomic E-state index is -0.638. The van der Waals surface area contributed by atoms with Gasteiger partial charge in [-0.25, -0.2) is 9.97 Å². The summed E-state index contributed by atoms with van der Waals surface area (Å²) in [6.45, 7) is 0.315. The zero-order valence-corrected chi connectivity index (χ0v) is 18.2. The second-order valence-corrected chi connectivity index (χ2v) is 8.55. The van der Waals surface area contributed by atoms with E-state index in [1.165, 1.54) is 0 Å². The van der Waals surface area contributed by atoms with E-state index in [2.05, 4.69) is 5.32 Å². The van der Waals surface area contributed by atoms with Gasteiger partial charge < -0.3 is 4.90 Å². The predicted molar refractivity (Wildman–Crippen MR) is 126 cm³/mol. The van der Waals surface area contributed by atoms with Gasteiger partial charge in [0.15, 0.2) is 0 Å². The molecule has 3 heterocycles. The summed E-state index contributed by atoms with van der Waals surface area (Å²) in [5, 5.41) is 2.34. The van der Waals surface area contributed by atoms with Crippen molar-refractivity contribution in [2.45, 2.75) is 25.4 Å². The molecule has 2 aliphatic heterocycles. The Kier molecular flexibility index (Phi) is 4.69. The van der Waals surface area contributed by atoms with Crippen molar-refractivity contribution < 1.29 is 14.4 Å². The summed E-state index contributed by atoms with van der Waals surface area (Å²) in [4.78, 5) is 48.4. The maximum Gasteiger partial charge on any atom is 0.255 e. The van der Waals surface area contributed by atoms with Crippen molar-refractivity contribution in [3.63, 3.8) is 0 Å². The third-order valence-corrected chi connectivity index (χ3v) is 6.41. The van der Waals surface area contributed by atoms with E-state index in [1.54, 1.807) is 11.0 Å². The lowest BCUT2D eigenvalue weighted by Crippen LogP contribution is -2.52. The average Bonchev–Trinajstić information content (AvgIpc) is 3.19. The van der Waals surface area contributed by atoms with Crippen molar-refractivity contribution >= 4 is 28.8 Å². The van der Waals surface area contributed by atoms with Crippen LogP contribution in [-0.4, -0.2) is 38.6 Å². The van der Waals surface area contributed by atoms with Crippen LogP contribution in [0.5, 0.6) is 0 Å². The Balaban J connectivity index is 1.43. The van der Waals surface area contributed by atoms with Gasteiger partial charge in [-0.15, -0.1) is 0 Å². The normalized spacial score (nSPS) is 17.7. The summed E-state index contributed by atoms with van der Waals surface area (Å²) in [5.74, 6) is -0.899. The number of amides is 3. The Morgan fingerprint density at radius 3 is 2.18 bits per heavy atom. The Hall–Kier alpha value is -4.39. The summed E-state index contributed by atoms with van der Waals surface area (Å²) in [6, 6.07) is 22.7. The summed E-state index contributed by atoms with van der Waals surface area (Å²) >= 11 is 0. The molecule has 1 aromatic heterocycles. The monoisotopic (exact) mass is 448 g/mol. The molecule has 2 aliphatic rings. The molecule has 0 radical (unpaired) electrons. The van der Waals surface area contributed by atoms with E-state index in [0.717, 1.165) is 39.1 Å². The van der Waals surface area contributed by atoms with Crippen LogP contribution in [0, 0.1) is 0 Å². The molecule has 166 valence electrons.